The summed E-state index contributed by atoms with van der Waals surface area (Å²) in [5.74, 6) is -0.0986. The van der Waals surface area contributed by atoms with E-state index in [1.807, 2.05) is 0 Å². The fraction of sp³-hybridized carbons (Fsp3) is 0.588. The lowest BCUT2D eigenvalue weighted by Crippen LogP contribution is -2.38. The van der Waals surface area contributed by atoms with Crippen molar-refractivity contribution in [2.24, 2.45) is 5.92 Å². The van der Waals surface area contributed by atoms with E-state index in [-0.39, 0.29) is 15.7 Å². The first-order valence-corrected chi connectivity index (χ1v) is 11.7. The highest BCUT2D eigenvalue weighted by molar-refractivity contribution is 7.89. The zero-order valence-electron chi connectivity index (χ0n) is 14.5. The summed E-state index contributed by atoms with van der Waals surface area (Å²) in [5, 5.41) is 8.93. The highest BCUT2D eigenvalue weighted by atomic mass is 32.2. The van der Waals surface area contributed by atoms with Crippen LogP contribution < -0.4 is 0 Å². The highest BCUT2D eigenvalue weighted by Gasteiger charge is 2.30. The molecule has 142 valence electrons. The lowest BCUT2D eigenvalue weighted by molar-refractivity contribution is 0.310. The quantitative estimate of drug-likeness (QED) is 0.771. The Balaban J connectivity index is 1.78. The molecule has 26 heavy (non-hydrogen) atoms. The van der Waals surface area contributed by atoms with Gasteiger partial charge < -0.3 is 0 Å². The lowest BCUT2D eigenvalue weighted by atomic mass is 10.0. The van der Waals surface area contributed by atoms with Gasteiger partial charge in [0.05, 0.1) is 15.9 Å². The van der Waals surface area contributed by atoms with Gasteiger partial charge in [-0.25, -0.2) is 16.8 Å². The molecule has 7 nitrogen and oxygen atoms in total. The van der Waals surface area contributed by atoms with Crippen molar-refractivity contribution in [3.63, 3.8) is 0 Å². The largest absolute Gasteiger partial charge is 0.243 e. The van der Waals surface area contributed by atoms with Crippen LogP contribution in [0.1, 0.15) is 32.1 Å². The maximum atomic E-state index is 12.7. The van der Waals surface area contributed by atoms with Crippen molar-refractivity contribution in [3.05, 3.63) is 24.3 Å². The minimum absolute atomic E-state index is 0.0884. The van der Waals surface area contributed by atoms with Crippen molar-refractivity contribution < 1.29 is 16.8 Å². The number of piperidine rings is 2. The molecule has 2 saturated heterocycles. The zero-order chi connectivity index (χ0) is 18.8. The van der Waals surface area contributed by atoms with Gasteiger partial charge in [-0.3, -0.25) is 0 Å². The Morgan fingerprint density at radius 3 is 1.62 bits per heavy atom. The molecule has 9 heteroatoms. The molecule has 0 unspecified atom stereocenters. The first kappa shape index (κ1) is 19.3. The topological polar surface area (TPSA) is 98.5 Å². The Morgan fingerprint density at radius 1 is 0.769 bits per heavy atom. The van der Waals surface area contributed by atoms with Gasteiger partial charge in [0.15, 0.2) is 0 Å². The van der Waals surface area contributed by atoms with Crippen molar-refractivity contribution in [2.45, 2.75) is 41.9 Å². The maximum absolute atomic E-state index is 12.7. The smallest absolute Gasteiger partial charge is 0.207 e. The normalized spacial score (nSPS) is 21.3. The average molecular weight is 398 g/mol. The molecule has 0 N–H and O–H groups in total. The van der Waals surface area contributed by atoms with Crippen LogP contribution in [-0.4, -0.2) is 51.6 Å². The molecule has 2 aliphatic heterocycles. The van der Waals surface area contributed by atoms with Gasteiger partial charge in [0.25, 0.3) is 0 Å². The van der Waals surface area contributed by atoms with E-state index < -0.39 is 20.0 Å². The molecule has 0 aromatic heterocycles. The third-order valence-electron chi connectivity index (χ3n) is 5.05. The summed E-state index contributed by atoms with van der Waals surface area (Å²) in [4.78, 5) is 0.215. The molecule has 2 fully saturated rings. The fourth-order valence-electron chi connectivity index (χ4n) is 3.41. The molecule has 0 amide bonds. The molecule has 0 atom stereocenters. The predicted octanol–water partition coefficient (Wildman–Crippen LogP) is 1.79. The van der Waals surface area contributed by atoms with Gasteiger partial charge in [0.1, 0.15) is 0 Å². The van der Waals surface area contributed by atoms with Crippen LogP contribution in [0.25, 0.3) is 0 Å². The van der Waals surface area contributed by atoms with Crippen LogP contribution in [0.5, 0.6) is 0 Å². The van der Waals surface area contributed by atoms with E-state index in [9.17, 15) is 16.8 Å². The van der Waals surface area contributed by atoms with Crippen LogP contribution in [0.4, 0.5) is 0 Å². The average Bonchev–Trinajstić information content (AvgIpc) is 2.69. The number of nitrogens with zero attached hydrogens (tertiary/aromatic N) is 3. The summed E-state index contributed by atoms with van der Waals surface area (Å²) in [6.07, 6.45) is 3.79. The number of benzene rings is 1. The number of hydrogen-bond donors (Lipinski definition) is 0. The van der Waals surface area contributed by atoms with Crippen LogP contribution in [0.2, 0.25) is 0 Å². The van der Waals surface area contributed by atoms with Gasteiger partial charge in [-0.05, 0) is 49.9 Å². The van der Waals surface area contributed by atoms with E-state index >= 15 is 0 Å². The molecule has 0 aliphatic carbocycles. The van der Waals surface area contributed by atoms with Crippen LogP contribution in [0.15, 0.2) is 34.1 Å². The summed E-state index contributed by atoms with van der Waals surface area (Å²) >= 11 is 0. The van der Waals surface area contributed by atoms with Gasteiger partial charge in [0.2, 0.25) is 20.0 Å². The number of rotatable bonds is 4. The Morgan fingerprint density at radius 2 is 1.19 bits per heavy atom. The van der Waals surface area contributed by atoms with Crippen LogP contribution in [-0.2, 0) is 20.0 Å². The molecule has 1 aromatic rings. The first-order valence-electron chi connectivity index (χ1n) is 8.86. The molecule has 2 aliphatic rings. The minimum atomic E-state index is -3.67. The lowest BCUT2D eigenvalue weighted by Gasteiger charge is -2.28. The van der Waals surface area contributed by atoms with Gasteiger partial charge in [0, 0.05) is 32.1 Å². The Labute approximate surface area is 155 Å². The van der Waals surface area contributed by atoms with Crippen LogP contribution in [0.3, 0.4) is 0 Å². The van der Waals surface area contributed by atoms with E-state index in [0.717, 1.165) is 19.3 Å². The van der Waals surface area contributed by atoms with Crippen molar-refractivity contribution in [2.75, 3.05) is 26.2 Å². The molecule has 3 rings (SSSR count). The minimum Gasteiger partial charge on any atom is -0.207 e. The standard InChI is InChI=1S/C17H23N3O4S2/c18-14-15-8-12-20(13-9-15)26(23,24)17-6-4-16(5-7-17)25(21,22)19-10-2-1-3-11-19/h4-7,15H,1-3,8-13H2. The van der Waals surface area contributed by atoms with E-state index in [2.05, 4.69) is 6.07 Å². The van der Waals surface area contributed by atoms with E-state index in [0.29, 0.717) is 39.0 Å². The molecule has 1 aromatic carbocycles. The van der Waals surface area contributed by atoms with Gasteiger partial charge in [-0.2, -0.15) is 13.9 Å². The Kier molecular flexibility index (Phi) is 5.67. The van der Waals surface area contributed by atoms with Gasteiger partial charge in [-0.15, -0.1) is 0 Å². The Bertz CT molecular complexity index is 875. The van der Waals surface area contributed by atoms with Crippen molar-refractivity contribution in [1.82, 2.24) is 8.61 Å². The first-order chi connectivity index (χ1) is 12.4. The van der Waals surface area contributed by atoms with E-state index in [4.69, 9.17) is 5.26 Å². The molecule has 0 saturated carbocycles. The fourth-order valence-corrected chi connectivity index (χ4v) is 6.40. The monoisotopic (exact) mass is 397 g/mol. The third-order valence-corrected chi connectivity index (χ3v) is 8.88. The molecular weight excluding hydrogens is 374 g/mol. The summed E-state index contributed by atoms with van der Waals surface area (Å²) in [6, 6.07) is 7.65. The maximum Gasteiger partial charge on any atom is 0.243 e. The highest BCUT2D eigenvalue weighted by Crippen LogP contribution is 2.26. The summed E-state index contributed by atoms with van der Waals surface area (Å²) in [7, 11) is -7.24. The van der Waals surface area contributed by atoms with Crippen molar-refractivity contribution in [3.8, 4) is 6.07 Å². The molecule has 0 bridgehead atoms. The molecular formula is C17H23N3O4S2. The van der Waals surface area contributed by atoms with Crippen LogP contribution >= 0.6 is 0 Å². The summed E-state index contributed by atoms with van der Waals surface area (Å²) in [5.41, 5.74) is 0. The molecule has 2 heterocycles. The van der Waals surface area contributed by atoms with Gasteiger partial charge in [-0.1, -0.05) is 6.42 Å². The second-order valence-corrected chi connectivity index (χ2v) is 10.6. The summed E-state index contributed by atoms with van der Waals surface area (Å²) in [6.45, 7) is 1.65. The predicted molar refractivity (Wildman–Crippen MR) is 96.1 cm³/mol. The van der Waals surface area contributed by atoms with Gasteiger partial charge >= 0.3 is 0 Å². The second-order valence-electron chi connectivity index (χ2n) is 6.74. The summed E-state index contributed by atoms with van der Waals surface area (Å²) < 4.78 is 53.6. The third kappa shape index (κ3) is 3.78. The van der Waals surface area contributed by atoms with E-state index in [1.54, 1.807) is 0 Å². The van der Waals surface area contributed by atoms with Crippen molar-refractivity contribution >= 4 is 20.0 Å². The van der Waals surface area contributed by atoms with E-state index in [1.165, 1.54) is 32.9 Å². The number of hydrogen-bond acceptors (Lipinski definition) is 5. The second kappa shape index (κ2) is 7.64. The molecule has 0 spiro atoms. The number of nitriles is 1. The zero-order valence-corrected chi connectivity index (χ0v) is 16.2. The van der Waals surface area contributed by atoms with Crippen LogP contribution in [0, 0.1) is 17.2 Å². The SMILES string of the molecule is N#CC1CCN(S(=O)(=O)c2ccc(S(=O)(=O)N3CCCCC3)cc2)CC1. The number of sulfonamides is 2. The van der Waals surface area contributed by atoms with Crippen molar-refractivity contribution in [1.29, 1.82) is 5.26 Å². The Hall–Kier alpha value is -1.47. The molecule has 0 radical (unpaired) electrons.